The van der Waals surface area contributed by atoms with Gasteiger partial charge in [0.25, 0.3) is 0 Å². The number of aliphatic hydroxyl groups is 1. The number of halogens is 3. The standard InChI is InChI=1S/C7H14BF3NO.K/c9-8(10,11)6-12-3-1-7(5-12)2-4-13;/h7,13H,1-6H2;/q-1;+1. The molecule has 1 saturated heterocycles. The maximum absolute atomic E-state index is 12.0. The van der Waals surface area contributed by atoms with Crippen LogP contribution in [0, 0.1) is 5.92 Å². The second-order valence-electron chi connectivity index (χ2n) is 3.64. The van der Waals surface area contributed by atoms with Crippen LogP contribution in [0.15, 0.2) is 0 Å². The molecule has 1 heterocycles. The number of nitrogens with zero attached hydrogens (tertiary/aromatic N) is 1. The van der Waals surface area contributed by atoms with Crippen LogP contribution >= 0.6 is 0 Å². The SMILES string of the molecule is OCCC1CCN(C[B-](F)(F)F)C1.[K+]. The van der Waals surface area contributed by atoms with Gasteiger partial charge >= 0.3 is 58.4 Å². The second-order valence-corrected chi connectivity index (χ2v) is 3.64. The van der Waals surface area contributed by atoms with Gasteiger partial charge in [0.2, 0.25) is 0 Å². The summed E-state index contributed by atoms with van der Waals surface area (Å²) in [7, 11) is 0. The normalized spacial score (nSPS) is 23.6. The van der Waals surface area contributed by atoms with E-state index < -0.39 is 13.4 Å². The first-order valence-corrected chi connectivity index (χ1v) is 4.55. The minimum atomic E-state index is -4.68. The third-order valence-electron chi connectivity index (χ3n) is 2.37. The van der Waals surface area contributed by atoms with Gasteiger partial charge in [-0.2, -0.15) is 0 Å². The summed E-state index contributed by atoms with van der Waals surface area (Å²) in [5.41, 5.74) is 0. The van der Waals surface area contributed by atoms with Crippen LogP contribution in [0.5, 0.6) is 0 Å². The molecule has 1 rings (SSSR count). The molecule has 1 aliphatic rings. The number of rotatable bonds is 4. The minimum Gasteiger partial charge on any atom is -0.448 e. The molecule has 0 saturated carbocycles. The smallest absolute Gasteiger partial charge is 0.448 e. The zero-order valence-electron chi connectivity index (χ0n) is 8.43. The molecular formula is C7H14BF3KNO. The summed E-state index contributed by atoms with van der Waals surface area (Å²) in [6.45, 7) is -3.60. The first-order chi connectivity index (χ1) is 6.01. The van der Waals surface area contributed by atoms with Crippen molar-refractivity contribution in [1.29, 1.82) is 0 Å². The van der Waals surface area contributed by atoms with Gasteiger partial charge in [0.05, 0.1) is 0 Å². The molecule has 0 aliphatic carbocycles. The molecule has 0 aromatic rings. The summed E-state index contributed by atoms with van der Waals surface area (Å²) in [4.78, 5) is 1.43. The van der Waals surface area contributed by atoms with E-state index in [0.717, 1.165) is 6.42 Å². The maximum Gasteiger partial charge on any atom is 1.00 e. The van der Waals surface area contributed by atoms with Crippen LogP contribution in [0.4, 0.5) is 12.9 Å². The Balaban J connectivity index is 0.00000169. The van der Waals surface area contributed by atoms with E-state index in [1.165, 1.54) is 4.90 Å². The summed E-state index contributed by atoms with van der Waals surface area (Å²) in [5.74, 6) is 0.253. The van der Waals surface area contributed by atoms with E-state index in [1.54, 1.807) is 0 Å². The Bertz CT molecular complexity index is 170. The van der Waals surface area contributed by atoms with E-state index >= 15 is 0 Å². The number of hydrogen-bond acceptors (Lipinski definition) is 2. The molecule has 0 aromatic carbocycles. The Labute approximate surface area is 125 Å². The summed E-state index contributed by atoms with van der Waals surface area (Å²) in [5, 5.41) is 8.61. The van der Waals surface area contributed by atoms with Crippen LogP contribution in [-0.4, -0.2) is 43.1 Å². The molecule has 7 heteroatoms. The molecule has 0 radical (unpaired) electrons. The predicted octanol–water partition coefficient (Wildman–Crippen LogP) is -1.92. The third-order valence-corrected chi connectivity index (χ3v) is 2.37. The van der Waals surface area contributed by atoms with Gasteiger partial charge in [-0.15, -0.1) is 0 Å². The fourth-order valence-corrected chi connectivity index (χ4v) is 1.79. The van der Waals surface area contributed by atoms with E-state index in [-0.39, 0.29) is 63.9 Å². The fraction of sp³-hybridized carbons (Fsp3) is 1.00. The third kappa shape index (κ3) is 6.09. The first-order valence-electron chi connectivity index (χ1n) is 4.55. The number of aliphatic hydroxyl groups excluding tert-OH is 1. The fourth-order valence-electron chi connectivity index (χ4n) is 1.79. The van der Waals surface area contributed by atoms with E-state index in [0.29, 0.717) is 19.5 Å². The molecule has 1 unspecified atom stereocenters. The summed E-state index contributed by atoms with van der Waals surface area (Å²) >= 11 is 0. The average molecular weight is 235 g/mol. The van der Waals surface area contributed by atoms with Crippen LogP contribution in [0.2, 0.25) is 0 Å². The van der Waals surface area contributed by atoms with Crippen LogP contribution in [-0.2, 0) is 0 Å². The maximum atomic E-state index is 12.0. The Morgan fingerprint density at radius 3 is 2.50 bits per heavy atom. The van der Waals surface area contributed by atoms with Gasteiger partial charge in [0, 0.05) is 6.61 Å². The molecule has 78 valence electrons. The van der Waals surface area contributed by atoms with Crippen molar-refractivity contribution < 1.29 is 69.4 Å². The van der Waals surface area contributed by atoms with Crippen molar-refractivity contribution in [2.45, 2.75) is 12.8 Å². The van der Waals surface area contributed by atoms with Gasteiger partial charge < -0.3 is 23.0 Å². The Kier molecular flexibility index (Phi) is 7.57. The molecule has 0 bridgehead atoms. The first kappa shape index (κ1) is 15.4. The zero-order chi connectivity index (χ0) is 9.90. The topological polar surface area (TPSA) is 23.5 Å². The van der Waals surface area contributed by atoms with Gasteiger partial charge in [-0.3, -0.25) is 0 Å². The largest absolute Gasteiger partial charge is 1.00 e. The summed E-state index contributed by atoms with van der Waals surface area (Å²) < 4.78 is 36.0. The minimum absolute atomic E-state index is 0. The zero-order valence-corrected chi connectivity index (χ0v) is 11.5. The molecule has 0 aromatic heterocycles. The van der Waals surface area contributed by atoms with Crippen molar-refractivity contribution in [1.82, 2.24) is 4.90 Å². The van der Waals surface area contributed by atoms with Crippen molar-refractivity contribution in [2.24, 2.45) is 5.92 Å². The molecule has 0 amide bonds. The molecule has 0 spiro atoms. The van der Waals surface area contributed by atoms with Crippen molar-refractivity contribution in [3.8, 4) is 0 Å². The van der Waals surface area contributed by atoms with Crippen LogP contribution in [0.25, 0.3) is 0 Å². The van der Waals surface area contributed by atoms with E-state index in [1.807, 2.05) is 0 Å². The summed E-state index contributed by atoms with van der Waals surface area (Å²) in [6.07, 6.45) is 0.663. The molecule has 2 nitrogen and oxygen atoms in total. The molecule has 1 fully saturated rings. The number of likely N-dealkylation sites (tertiary alicyclic amines) is 1. The van der Waals surface area contributed by atoms with Gasteiger partial charge in [-0.1, -0.05) is 0 Å². The van der Waals surface area contributed by atoms with Crippen molar-refractivity contribution >= 4 is 6.98 Å². The van der Waals surface area contributed by atoms with E-state index in [2.05, 4.69) is 0 Å². The predicted molar refractivity (Wildman–Crippen MR) is 45.3 cm³/mol. The molecule has 1 atom stereocenters. The Morgan fingerprint density at radius 2 is 2.00 bits per heavy atom. The van der Waals surface area contributed by atoms with Crippen molar-refractivity contribution in [3.05, 3.63) is 0 Å². The summed E-state index contributed by atoms with van der Waals surface area (Å²) in [6, 6.07) is 0. The Morgan fingerprint density at radius 1 is 1.36 bits per heavy atom. The van der Waals surface area contributed by atoms with Gasteiger partial charge in [0.1, 0.15) is 0 Å². The van der Waals surface area contributed by atoms with Crippen LogP contribution in [0.1, 0.15) is 12.8 Å². The van der Waals surface area contributed by atoms with Gasteiger partial charge in [0.15, 0.2) is 0 Å². The van der Waals surface area contributed by atoms with E-state index in [9.17, 15) is 12.9 Å². The molecular weight excluding hydrogens is 221 g/mol. The molecule has 1 N–H and O–H groups in total. The van der Waals surface area contributed by atoms with E-state index in [4.69, 9.17) is 5.11 Å². The quantitative estimate of drug-likeness (QED) is 0.574. The van der Waals surface area contributed by atoms with Crippen LogP contribution < -0.4 is 51.4 Å². The molecule has 14 heavy (non-hydrogen) atoms. The van der Waals surface area contributed by atoms with Crippen LogP contribution in [0.3, 0.4) is 0 Å². The van der Waals surface area contributed by atoms with Gasteiger partial charge in [-0.25, -0.2) is 0 Å². The molecule has 1 aliphatic heterocycles. The number of hydrogen-bond donors (Lipinski definition) is 1. The monoisotopic (exact) mass is 235 g/mol. The second kappa shape index (κ2) is 6.88. The van der Waals surface area contributed by atoms with Gasteiger partial charge in [-0.05, 0) is 38.3 Å². The average Bonchev–Trinajstić information content (AvgIpc) is 2.33. The van der Waals surface area contributed by atoms with Crippen molar-refractivity contribution in [3.63, 3.8) is 0 Å². The Hall–Kier alpha value is 1.41. The van der Waals surface area contributed by atoms with Crippen molar-refractivity contribution in [2.75, 3.05) is 26.1 Å².